The van der Waals surface area contributed by atoms with E-state index in [2.05, 4.69) is 15.1 Å². The van der Waals surface area contributed by atoms with Gasteiger partial charge in [-0.25, -0.2) is 4.98 Å². The summed E-state index contributed by atoms with van der Waals surface area (Å²) in [6.07, 6.45) is 1.42. The molecule has 0 spiro atoms. The first-order valence-electron chi connectivity index (χ1n) is 8.04. The van der Waals surface area contributed by atoms with Crippen LogP contribution in [0.3, 0.4) is 0 Å². The molecular weight excluding hydrogens is 370 g/mol. The quantitative estimate of drug-likeness (QED) is 0.414. The van der Waals surface area contributed by atoms with Gasteiger partial charge in [-0.2, -0.15) is 4.68 Å². The lowest BCUT2D eigenvalue weighted by atomic mass is 10.1. The van der Waals surface area contributed by atoms with Crippen LogP contribution in [0.4, 0.5) is 5.82 Å². The molecule has 0 radical (unpaired) electrons. The highest BCUT2D eigenvalue weighted by Gasteiger charge is 2.20. The maximum absolute atomic E-state index is 10.9. The van der Waals surface area contributed by atoms with Gasteiger partial charge in [-0.15, -0.1) is 0 Å². The maximum Gasteiger partial charge on any atom is 0.408 e. The largest absolute Gasteiger partial charge is 0.496 e. The van der Waals surface area contributed by atoms with E-state index in [1.807, 2.05) is 42.5 Å². The first-order chi connectivity index (χ1) is 13.0. The molecule has 8 nitrogen and oxygen atoms in total. The van der Waals surface area contributed by atoms with Crippen molar-refractivity contribution in [3.8, 4) is 17.1 Å². The molecule has 2 heterocycles. The minimum atomic E-state index is -0.610. The zero-order valence-electron chi connectivity index (χ0n) is 14.2. The van der Waals surface area contributed by atoms with E-state index >= 15 is 0 Å². The first-order valence-corrected chi connectivity index (χ1v) is 8.42. The molecule has 0 fully saturated rings. The molecule has 1 N–H and O–H groups in total. The van der Waals surface area contributed by atoms with Gasteiger partial charge in [-0.05, 0) is 35.3 Å². The van der Waals surface area contributed by atoms with Gasteiger partial charge in [0.05, 0.1) is 36.0 Å². The van der Waals surface area contributed by atoms with Crippen LogP contribution in [-0.4, -0.2) is 31.8 Å². The van der Waals surface area contributed by atoms with E-state index in [0.717, 1.165) is 28.0 Å². The van der Waals surface area contributed by atoms with Crippen LogP contribution < -0.4 is 4.74 Å². The number of para-hydroxylation sites is 2. The van der Waals surface area contributed by atoms with Crippen LogP contribution in [0.5, 0.6) is 5.75 Å². The van der Waals surface area contributed by atoms with Gasteiger partial charge in [0, 0.05) is 11.1 Å². The van der Waals surface area contributed by atoms with E-state index in [0.29, 0.717) is 5.75 Å². The summed E-state index contributed by atoms with van der Waals surface area (Å²) < 4.78 is 6.83. The van der Waals surface area contributed by atoms with Crippen molar-refractivity contribution in [2.45, 2.75) is 6.54 Å². The second-order valence-corrected chi connectivity index (χ2v) is 6.29. The Balaban J connectivity index is 1.72. The van der Waals surface area contributed by atoms with Gasteiger partial charge >= 0.3 is 5.82 Å². The van der Waals surface area contributed by atoms with Crippen molar-refractivity contribution < 1.29 is 9.66 Å². The van der Waals surface area contributed by atoms with E-state index in [1.165, 1.54) is 10.9 Å². The number of rotatable bonds is 5. The highest BCUT2D eigenvalue weighted by Crippen LogP contribution is 2.28. The van der Waals surface area contributed by atoms with Gasteiger partial charge in [-0.3, -0.25) is 0 Å². The summed E-state index contributed by atoms with van der Waals surface area (Å²) in [4.78, 5) is 18.2. The van der Waals surface area contributed by atoms with Gasteiger partial charge in [0.25, 0.3) is 0 Å². The normalized spacial score (nSPS) is 11.0. The van der Waals surface area contributed by atoms with Crippen molar-refractivity contribution in [3.63, 3.8) is 0 Å². The molecule has 2 aromatic heterocycles. The van der Waals surface area contributed by atoms with Crippen LogP contribution in [0.2, 0.25) is 5.02 Å². The Bertz CT molecular complexity index is 1120. The number of ether oxygens (including phenoxy) is 1. The van der Waals surface area contributed by atoms with Crippen molar-refractivity contribution in [1.29, 1.82) is 0 Å². The predicted octanol–water partition coefficient (Wildman–Crippen LogP) is 4.04. The molecule has 0 unspecified atom stereocenters. The van der Waals surface area contributed by atoms with Crippen LogP contribution in [0.15, 0.2) is 48.7 Å². The van der Waals surface area contributed by atoms with E-state index in [1.54, 1.807) is 7.11 Å². The minimum Gasteiger partial charge on any atom is -0.496 e. The van der Waals surface area contributed by atoms with Gasteiger partial charge in [0.2, 0.25) is 0 Å². The number of nitro groups is 1. The number of aromatic nitrogens is 4. The number of aromatic amines is 1. The lowest BCUT2D eigenvalue weighted by Crippen LogP contribution is -2.03. The molecule has 0 saturated heterocycles. The Morgan fingerprint density at radius 2 is 2.11 bits per heavy atom. The van der Waals surface area contributed by atoms with E-state index in [4.69, 9.17) is 16.3 Å². The molecule has 0 aliphatic rings. The van der Waals surface area contributed by atoms with Crippen molar-refractivity contribution in [3.05, 3.63) is 69.4 Å². The lowest BCUT2D eigenvalue weighted by molar-refractivity contribution is -0.389. The number of methoxy groups -OCH3 is 1. The first kappa shape index (κ1) is 17.0. The van der Waals surface area contributed by atoms with Crippen molar-refractivity contribution >= 4 is 28.5 Å². The van der Waals surface area contributed by atoms with Gasteiger partial charge in [0.15, 0.2) is 5.02 Å². The fraction of sp³-hybridized carbons (Fsp3) is 0.111. The fourth-order valence-electron chi connectivity index (χ4n) is 2.91. The second kappa shape index (κ2) is 6.73. The summed E-state index contributed by atoms with van der Waals surface area (Å²) in [5.74, 6) is 0.998. The number of halogens is 1. The second-order valence-electron chi connectivity index (χ2n) is 5.88. The number of H-pyrrole nitrogens is 1. The van der Waals surface area contributed by atoms with Gasteiger partial charge in [-0.1, -0.05) is 23.7 Å². The third kappa shape index (κ3) is 3.22. The lowest BCUT2D eigenvalue weighted by Gasteiger charge is -2.09. The average Bonchev–Trinajstić information content (AvgIpc) is 3.25. The molecule has 0 atom stereocenters. The maximum atomic E-state index is 10.9. The Labute approximate surface area is 158 Å². The predicted molar refractivity (Wildman–Crippen MR) is 101 cm³/mol. The summed E-state index contributed by atoms with van der Waals surface area (Å²) in [5, 5.41) is 14.9. The van der Waals surface area contributed by atoms with Gasteiger partial charge < -0.3 is 19.8 Å². The minimum absolute atomic E-state index is 0.00703. The van der Waals surface area contributed by atoms with Crippen molar-refractivity contribution in [1.82, 2.24) is 19.7 Å². The molecule has 9 heteroatoms. The number of imidazole rings is 1. The third-order valence-electron chi connectivity index (χ3n) is 4.15. The Kier molecular flexibility index (Phi) is 4.25. The van der Waals surface area contributed by atoms with Crippen LogP contribution >= 0.6 is 11.6 Å². The summed E-state index contributed by atoms with van der Waals surface area (Å²) in [6, 6.07) is 13.4. The standard InChI is InChI=1S/C18H14ClN5O3/c1-27-16-7-6-11(17-20-14-4-2-3-5-15(14)21-17)8-12(16)9-23-10-13(19)18(22-23)24(25)26/h2-8,10H,9H2,1H3,(H,20,21). The smallest absolute Gasteiger partial charge is 0.408 e. The van der Waals surface area contributed by atoms with Crippen LogP contribution in [0, 0.1) is 10.1 Å². The number of nitrogens with one attached hydrogen (secondary N) is 1. The Morgan fingerprint density at radius 3 is 2.81 bits per heavy atom. The summed E-state index contributed by atoms with van der Waals surface area (Å²) in [7, 11) is 1.57. The van der Waals surface area contributed by atoms with E-state index in [9.17, 15) is 10.1 Å². The zero-order chi connectivity index (χ0) is 19.0. The molecular formula is C18H14ClN5O3. The summed E-state index contributed by atoms with van der Waals surface area (Å²) in [6.45, 7) is 0.269. The molecule has 27 heavy (non-hydrogen) atoms. The van der Waals surface area contributed by atoms with Crippen LogP contribution in [0.1, 0.15) is 5.56 Å². The molecule has 0 amide bonds. The SMILES string of the molecule is COc1ccc(-c2nc3ccccc3[nH]2)cc1Cn1cc(Cl)c([N+](=O)[O-])n1. The summed E-state index contributed by atoms with van der Waals surface area (Å²) in [5.41, 5.74) is 3.48. The molecule has 0 aliphatic heterocycles. The van der Waals surface area contributed by atoms with E-state index in [-0.39, 0.29) is 17.4 Å². The number of hydrogen-bond donors (Lipinski definition) is 1. The Hall–Kier alpha value is -3.39. The summed E-state index contributed by atoms with van der Waals surface area (Å²) >= 11 is 5.88. The molecule has 0 bridgehead atoms. The average molecular weight is 384 g/mol. The number of nitrogens with zero attached hydrogens (tertiary/aromatic N) is 4. The zero-order valence-corrected chi connectivity index (χ0v) is 15.0. The topological polar surface area (TPSA) is 98.9 Å². The highest BCUT2D eigenvalue weighted by molar-refractivity contribution is 6.32. The highest BCUT2D eigenvalue weighted by atomic mass is 35.5. The molecule has 4 rings (SSSR count). The van der Waals surface area contributed by atoms with Crippen LogP contribution in [0.25, 0.3) is 22.4 Å². The number of hydrogen-bond acceptors (Lipinski definition) is 5. The van der Waals surface area contributed by atoms with Crippen molar-refractivity contribution in [2.24, 2.45) is 0 Å². The number of fused-ring (bicyclic) bond motifs is 1. The number of benzene rings is 2. The molecule has 2 aromatic carbocycles. The Morgan fingerprint density at radius 1 is 1.30 bits per heavy atom. The van der Waals surface area contributed by atoms with Crippen LogP contribution in [-0.2, 0) is 6.54 Å². The monoisotopic (exact) mass is 383 g/mol. The van der Waals surface area contributed by atoms with E-state index < -0.39 is 4.92 Å². The molecule has 0 aliphatic carbocycles. The third-order valence-corrected chi connectivity index (χ3v) is 4.41. The van der Waals surface area contributed by atoms with Gasteiger partial charge in [0.1, 0.15) is 11.6 Å². The molecule has 136 valence electrons. The molecule has 4 aromatic rings. The fourth-order valence-corrected chi connectivity index (χ4v) is 3.12. The molecule has 0 saturated carbocycles. The van der Waals surface area contributed by atoms with Crippen molar-refractivity contribution in [2.75, 3.05) is 7.11 Å².